The van der Waals surface area contributed by atoms with Gasteiger partial charge in [-0.25, -0.2) is 4.98 Å². The molecule has 3 aromatic rings. The largest absolute Gasteiger partial charge is 0.497 e. The molecule has 8 nitrogen and oxygen atoms in total. The van der Waals surface area contributed by atoms with Gasteiger partial charge in [0.2, 0.25) is 5.82 Å². The third-order valence-corrected chi connectivity index (χ3v) is 4.71. The molecule has 2 aromatic heterocycles. The number of benzene rings is 1. The Balaban J connectivity index is 1.35. The van der Waals surface area contributed by atoms with E-state index in [0.29, 0.717) is 36.6 Å². The lowest BCUT2D eigenvalue weighted by molar-refractivity contribution is -0.159. The van der Waals surface area contributed by atoms with Crippen molar-refractivity contribution in [1.82, 2.24) is 20.0 Å². The summed E-state index contributed by atoms with van der Waals surface area (Å²) < 4.78 is 52.9. The van der Waals surface area contributed by atoms with Crippen molar-refractivity contribution in [2.75, 3.05) is 20.2 Å². The average molecular weight is 434 g/mol. The fourth-order valence-corrected chi connectivity index (χ4v) is 3.14. The minimum absolute atomic E-state index is 0.0974. The fraction of sp³-hybridized carbons (Fsp3) is 0.300. The minimum atomic E-state index is -4.72. The van der Waals surface area contributed by atoms with Gasteiger partial charge in [0.1, 0.15) is 23.3 Å². The van der Waals surface area contributed by atoms with Crippen LogP contribution in [0.5, 0.6) is 11.5 Å². The summed E-state index contributed by atoms with van der Waals surface area (Å²) in [6.07, 6.45) is -2.93. The maximum Gasteiger partial charge on any atom is 0.471 e. The SMILES string of the molecule is COc1ccc(C(=O)N2CC[C@H](Oc3ccc(-c4noc(C(F)(F)F)n4)nc3)C2)cc1. The van der Waals surface area contributed by atoms with Gasteiger partial charge in [0.25, 0.3) is 5.91 Å². The number of rotatable bonds is 5. The van der Waals surface area contributed by atoms with Crippen LogP contribution in [0.3, 0.4) is 0 Å². The molecule has 1 aliphatic rings. The van der Waals surface area contributed by atoms with Crippen molar-refractivity contribution in [3.05, 3.63) is 54.0 Å². The Kier molecular flexibility index (Phi) is 5.49. The Labute approximate surface area is 174 Å². The molecule has 0 radical (unpaired) electrons. The lowest BCUT2D eigenvalue weighted by Gasteiger charge is -2.17. The van der Waals surface area contributed by atoms with Gasteiger partial charge in [0.15, 0.2) is 0 Å². The van der Waals surface area contributed by atoms with Crippen LogP contribution in [-0.4, -0.2) is 52.2 Å². The van der Waals surface area contributed by atoms with E-state index in [4.69, 9.17) is 9.47 Å². The highest BCUT2D eigenvalue weighted by atomic mass is 19.4. The van der Waals surface area contributed by atoms with Crippen molar-refractivity contribution in [3.63, 3.8) is 0 Å². The molecular weight excluding hydrogens is 417 g/mol. The maximum atomic E-state index is 12.6. The van der Waals surface area contributed by atoms with Crippen LogP contribution in [0.15, 0.2) is 47.1 Å². The predicted octanol–water partition coefficient (Wildman–Crippen LogP) is 3.45. The van der Waals surface area contributed by atoms with Crippen LogP contribution in [-0.2, 0) is 6.18 Å². The summed E-state index contributed by atoms with van der Waals surface area (Å²) in [4.78, 5) is 21.7. The molecule has 4 rings (SSSR count). The van der Waals surface area contributed by atoms with Gasteiger partial charge >= 0.3 is 12.1 Å². The van der Waals surface area contributed by atoms with E-state index >= 15 is 0 Å². The monoisotopic (exact) mass is 434 g/mol. The Bertz CT molecular complexity index is 1050. The smallest absolute Gasteiger partial charge is 0.471 e. The van der Waals surface area contributed by atoms with Crippen LogP contribution in [0.4, 0.5) is 13.2 Å². The fourth-order valence-electron chi connectivity index (χ4n) is 3.14. The summed E-state index contributed by atoms with van der Waals surface area (Å²) in [5.41, 5.74) is 0.681. The first-order valence-electron chi connectivity index (χ1n) is 9.31. The number of alkyl halides is 3. The Hall–Kier alpha value is -3.63. The van der Waals surface area contributed by atoms with E-state index in [2.05, 4.69) is 19.6 Å². The zero-order valence-electron chi connectivity index (χ0n) is 16.3. The van der Waals surface area contributed by atoms with Crippen molar-refractivity contribution in [1.29, 1.82) is 0 Å². The highest BCUT2D eigenvalue weighted by Crippen LogP contribution is 2.29. The van der Waals surface area contributed by atoms with E-state index < -0.39 is 12.1 Å². The first-order valence-corrected chi connectivity index (χ1v) is 9.31. The van der Waals surface area contributed by atoms with Gasteiger partial charge in [0, 0.05) is 18.5 Å². The first-order chi connectivity index (χ1) is 14.8. The van der Waals surface area contributed by atoms with Crippen molar-refractivity contribution in [3.8, 4) is 23.0 Å². The number of methoxy groups -OCH3 is 1. The molecule has 0 aliphatic carbocycles. The summed E-state index contributed by atoms with van der Waals surface area (Å²) in [5.74, 6) is -0.703. The van der Waals surface area contributed by atoms with Crippen LogP contribution < -0.4 is 9.47 Å². The summed E-state index contributed by atoms with van der Waals surface area (Å²) in [6, 6.07) is 9.87. The molecule has 0 spiro atoms. The van der Waals surface area contributed by atoms with Gasteiger partial charge in [-0.1, -0.05) is 5.16 Å². The first kappa shape index (κ1) is 20.6. The van der Waals surface area contributed by atoms with Crippen LogP contribution in [0.1, 0.15) is 22.7 Å². The lowest BCUT2D eigenvalue weighted by atomic mass is 10.2. The third kappa shape index (κ3) is 4.60. The second kappa shape index (κ2) is 8.25. The summed E-state index contributed by atoms with van der Waals surface area (Å²) in [7, 11) is 1.56. The highest BCUT2D eigenvalue weighted by molar-refractivity contribution is 5.94. The zero-order valence-corrected chi connectivity index (χ0v) is 16.3. The number of carbonyl (C=O) groups is 1. The molecule has 1 aliphatic heterocycles. The van der Waals surface area contributed by atoms with Crippen molar-refractivity contribution in [2.45, 2.75) is 18.7 Å². The minimum Gasteiger partial charge on any atom is -0.497 e. The Morgan fingerprint density at radius 2 is 1.90 bits per heavy atom. The molecule has 1 aromatic carbocycles. The van der Waals surface area contributed by atoms with E-state index in [1.165, 1.54) is 12.3 Å². The van der Waals surface area contributed by atoms with Gasteiger partial charge in [-0.05, 0) is 36.4 Å². The maximum absolute atomic E-state index is 12.6. The van der Waals surface area contributed by atoms with E-state index in [-0.39, 0.29) is 23.5 Å². The Morgan fingerprint density at radius 3 is 2.52 bits per heavy atom. The van der Waals surface area contributed by atoms with Gasteiger partial charge in [0.05, 0.1) is 19.9 Å². The van der Waals surface area contributed by atoms with E-state index in [0.717, 1.165) is 0 Å². The van der Waals surface area contributed by atoms with Crippen LogP contribution in [0.25, 0.3) is 11.5 Å². The average Bonchev–Trinajstić information content (AvgIpc) is 3.44. The molecular formula is C20H17F3N4O4. The number of hydrogen-bond donors (Lipinski definition) is 0. The number of nitrogens with zero attached hydrogens (tertiary/aromatic N) is 4. The normalized spacial score (nSPS) is 16.4. The molecule has 162 valence electrons. The number of likely N-dealkylation sites (tertiary alicyclic amines) is 1. The van der Waals surface area contributed by atoms with Crippen molar-refractivity contribution >= 4 is 5.91 Å². The van der Waals surface area contributed by atoms with E-state index in [1.807, 2.05) is 0 Å². The number of hydrogen-bond acceptors (Lipinski definition) is 7. The molecule has 1 atom stereocenters. The molecule has 0 N–H and O–H groups in total. The van der Waals surface area contributed by atoms with Gasteiger partial charge < -0.3 is 18.9 Å². The predicted molar refractivity (Wildman–Crippen MR) is 100 cm³/mol. The molecule has 3 heterocycles. The number of amides is 1. The number of halogens is 3. The topological polar surface area (TPSA) is 90.6 Å². The van der Waals surface area contributed by atoms with Crippen molar-refractivity contribution in [2.24, 2.45) is 0 Å². The molecule has 0 bridgehead atoms. The molecule has 0 unspecified atom stereocenters. The Morgan fingerprint density at radius 1 is 1.16 bits per heavy atom. The molecule has 1 saturated heterocycles. The molecule has 1 amide bonds. The van der Waals surface area contributed by atoms with E-state index in [1.54, 1.807) is 42.3 Å². The van der Waals surface area contributed by atoms with Gasteiger partial charge in [-0.15, -0.1) is 0 Å². The molecule has 1 fully saturated rings. The number of aromatic nitrogens is 3. The number of pyridine rings is 1. The number of carbonyl (C=O) groups excluding carboxylic acids is 1. The van der Waals surface area contributed by atoms with Crippen LogP contribution >= 0.6 is 0 Å². The zero-order chi connectivity index (χ0) is 22.0. The molecule has 0 saturated carbocycles. The second-order valence-electron chi connectivity index (χ2n) is 6.81. The molecule has 31 heavy (non-hydrogen) atoms. The summed E-state index contributed by atoms with van der Waals surface area (Å²) in [6.45, 7) is 0.955. The standard InChI is InChI=1S/C20H17F3N4O4/c1-29-13-4-2-12(3-5-13)18(28)27-9-8-15(11-27)30-14-6-7-16(24-10-14)17-25-19(31-26-17)20(21,22)23/h2-7,10,15H,8-9,11H2,1H3/t15-/m0/s1. The summed E-state index contributed by atoms with van der Waals surface area (Å²) in [5, 5.41) is 3.29. The van der Waals surface area contributed by atoms with Gasteiger partial charge in [-0.3, -0.25) is 4.79 Å². The quantitative estimate of drug-likeness (QED) is 0.608. The molecule has 11 heteroatoms. The highest BCUT2D eigenvalue weighted by Gasteiger charge is 2.38. The van der Waals surface area contributed by atoms with Crippen LogP contribution in [0.2, 0.25) is 0 Å². The van der Waals surface area contributed by atoms with E-state index in [9.17, 15) is 18.0 Å². The lowest BCUT2D eigenvalue weighted by Crippen LogP contribution is -2.30. The van der Waals surface area contributed by atoms with Crippen LogP contribution in [0, 0.1) is 0 Å². The summed E-state index contributed by atoms with van der Waals surface area (Å²) >= 11 is 0. The van der Waals surface area contributed by atoms with Gasteiger partial charge in [-0.2, -0.15) is 18.2 Å². The second-order valence-corrected chi connectivity index (χ2v) is 6.81. The number of ether oxygens (including phenoxy) is 2. The third-order valence-electron chi connectivity index (χ3n) is 4.71. The van der Waals surface area contributed by atoms with Crippen molar-refractivity contribution < 1.29 is 32.0 Å².